The summed E-state index contributed by atoms with van der Waals surface area (Å²) in [4.78, 5) is 19.4. The SMILES string of the molecule is CCOc1ccc(N=C2SC[C@@H](C)N2C(=O)CCc2ccc(OC)cc2)cc1. The number of nitrogens with zero attached hydrogens (tertiary/aromatic N) is 2. The molecular weight excluding hydrogens is 372 g/mol. The zero-order valence-corrected chi connectivity index (χ0v) is 17.4. The molecule has 6 heteroatoms. The van der Waals surface area contributed by atoms with E-state index in [1.807, 2.05) is 60.4 Å². The van der Waals surface area contributed by atoms with Crippen molar-refractivity contribution in [3.8, 4) is 11.5 Å². The second-order valence-corrected chi connectivity index (χ2v) is 7.58. The van der Waals surface area contributed by atoms with Crippen molar-refractivity contribution in [3.63, 3.8) is 0 Å². The largest absolute Gasteiger partial charge is 0.497 e. The average Bonchev–Trinajstić information content (AvgIpc) is 3.08. The molecule has 2 aromatic rings. The van der Waals surface area contributed by atoms with Crippen molar-refractivity contribution in [3.05, 3.63) is 54.1 Å². The first-order valence-electron chi connectivity index (χ1n) is 9.50. The van der Waals surface area contributed by atoms with E-state index in [1.54, 1.807) is 18.9 Å². The fourth-order valence-electron chi connectivity index (χ4n) is 3.02. The van der Waals surface area contributed by atoms with Crippen molar-refractivity contribution in [2.24, 2.45) is 4.99 Å². The van der Waals surface area contributed by atoms with Gasteiger partial charge in [-0.25, -0.2) is 4.99 Å². The molecule has 1 fully saturated rings. The number of benzene rings is 2. The number of hydrogen-bond donors (Lipinski definition) is 0. The lowest BCUT2D eigenvalue weighted by Gasteiger charge is -2.21. The molecule has 5 nitrogen and oxygen atoms in total. The molecule has 0 aromatic heterocycles. The smallest absolute Gasteiger partial charge is 0.229 e. The molecule has 148 valence electrons. The minimum absolute atomic E-state index is 0.109. The number of ether oxygens (including phenoxy) is 2. The van der Waals surface area contributed by atoms with Crippen LogP contribution in [0.25, 0.3) is 0 Å². The Hall–Kier alpha value is -2.47. The third-order valence-electron chi connectivity index (χ3n) is 4.53. The van der Waals surface area contributed by atoms with E-state index in [4.69, 9.17) is 14.5 Å². The van der Waals surface area contributed by atoms with E-state index >= 15 is 0 Å². The van der Waals surface area contributed by atoms with Gasteiger partial charge < -0.3 is 9.47 Å². The van der Waals surface area contributed by atoms with Crippen LogP contribution < -0.4 is 9.47 Å². The van der Waals surface area contributed by atoms with Gasteiger partial charge in [0.05, 0.1) is 19.4 Å². The molecule has 0 aliphatic carbocycles. The second-order valence-electron chi connectivity index (χ2n) is 6.59. The van der Waals surface area contributed by atoms with Gasteiger partial charge in [0.2, 0.25) is 5.91 Å². The molecule has 1 saturated heterocycles. The summed E-state index contributed by atoms with van der Waals surface area (Å²) in [7, 11) is 1.65. The molecule has 1 heterocycles. The first-order chi connectivity index (χ1) is 13.6. The Balaban J connectivity index is 1.66. The zero-order valence-electron chi connectivity index (χ0n) is 16.6. The molecule has 1 aliphatic heterocycles. The van der Waals surface area contributed by atoms with Gasteiger partial charge >= 0.3 is 0 Å². The molecule has 0 N–H and O–H groups in total. The first-order valence-corrected chi connectivity index (χ1v) is 10.5. The summed E-state index contributed by atoms with van der Waals surface area (Å²) in [6, 6.07) is 15.6. The summed E-state index contributed by atoms with van der Waals surface area (Å²) in [5, 5.41) is 0.774. The van der Waals surface area contributed by atoms with Crippen molar-refractivity contribution < 1.29 is 14.3 Å². The minimum atomic E-state index is 0.109. The lowest BCUT2D eigenvalue weighted by molar-refractivity contribution is -0.128. The van der Waals surface area contributed by atoms with Crippen molar-refractivity contribution in [2.75, 3.05) is 19.5 Å². The minimum Gasteiger partial charge on any atom is -0.497 e. The van der Waals surface area contributed by atoms with Gasteiger partial charge in [0.1, 0.15) is 11.5 Å². The highest BCUT2D eigenvalue weighted by atomic mass is 32.2. The highest BCUT2D eigenvalue weighted by molar-refractivity contribution is 8.14. The Morgan fingerprint density at radius 1 is 1.14 bits per heavy atom. The summed E-state index contributed by atoms with van der Waals surface area (Å²) in [5.41, 5.74) is 1.95. The molecule has 3 rings (SSSR count). The lowest BCUT2D eigenvalue weighted by atomic mass is 10.1. The van der Waals surface area contributed by atoms with E-state index < -0.39 is 0 Å². The zero-order chi connectivity index (χ0) is 19.9. The van der Waals surface area contributed by atoms with Gasteiger partial charge in [0.15, 0.2) is 5.17 Å². The normalized spacial score (nSPS) is 17.8. The van der Waals surface area contributed by atoms with Crippen LogP contribution in [0.2, 0.25) is 0 Å². The summed E-state index contributed by atoms with van der Waals surface area (Å²) in [5.74, 6) is 2.62. The number of carbonyl (C=O) groups is 1. The van der Waals surface area contributed by atoms with E-state index in [0.717, 1.165) is 33.7 Å². The molecule has 0 radical (unpaired) electrons. The Morgan fingerprint density at radius 2 is 1.82 bits per heavy atom. The van der Waals surface area contributed by atoms with Crippen molar-refractivity contribution >= 4 is 28.5 Å². The van der Waals surface area contributed by atoms with Crippen molar-refractivity contribution in [1.29, 1.82) is 0 Å². The van der Waals surface area contributed by atoms with Crippen LogP contribution in [-0.4, -0.2) is 41.5 Å². The van der Waals surface area contributed by atoms with Crippen LogP contribution in [0.1, 0.15) is 25.8 Å². The van der Waals surface area contributed by atoms with Crippen LogP contribution in [0.4, 0.5) is 5.69 Å². The van der Waals surface area contributed by atoms with Gasteiger partial charge in [-0.3, -0.25) is 9.69 Å². The van der Waals surface area contributed by atoms with Crippen LogP contribution >= 0.6 is 11.8 Å². The highest BCUT2D eigenvalue weighted by Crippen LogP contribution is 2.29. The van der Waals surface area contributed by atoms with Gasteiger partial charge in [0, 0.05) is 18.2 Å². The van der Waals surface area contributed by atoms with E-state index in [0.29, 0.717) is 19.4 Å². The average molecular weight is 399 g/mol. The molecule has 28 heavy (non-hydrogen) atoms. The second kappa shape index (κ2) is 9.64. The quantitative estimate of drug-likeness (QED) is 0.680. The number of hydrogen-bond acceptors (Lipinski definition) is 5. The number of carbonyl (C=O) groups excluding carboxylic acids is 1. The molecular formula is C22H26N2O3S. The molecule has 1 aliphatic rings. The topological polar surface area (TPSA) is 51.1 Å². The Labute approximate surface area is 170 Å². The van der Waals surface area contributed by atoms with E-state index in [9.17, 15) is 4.79 Å². The molecule has 1 atom stereocenters. The predicted octanol–water partition coefficient (Wildman–Crippen LogP) is 4.68. The number of aryl methyl sites for hydroxylation is 1. The number of methoxy groups -OCH3 is 1. The number of aliphatic imine (C=N–C) groups is 1. The summed E-state index contributed by atoms with van der Waals surface area (Å²) >= 11 is 1.63. The molecule has 0 spiro atoms. The number of thioether (sulfide) groups is 1. The van der Waals surface area contributed by atoms with Crippen LogP contribution in [0.5, 0.6) is 11.5 Å². The van der Waals surface area contributed by atoms with Crippen molar-refractivity contribution in [2.45, 2.75) is 32.7 Å². The first kappa shape index (κ1) is 20.3. The summed E-state index contributed by atoms with van der Waals surface area (Å²) < 4.78 is 10.6. The number of amides is 1. The molecule has 0 saturated carbocycles. The van der Waals surface area contributed by atoms with Crippen LogP contribution in [0.3, 0.4) is 0 Å². The third kappa shape index (κ3) is 5.07. The Morgan fingerprint density at radius 3 is 2.46 bits per heavy atom. The van der Waals surface area contributed by atoms with E-state index in [1.165, 1.54) is 0 Å². The fourth-order valence-corrected chi connectivity index (χ4v) is 4.15. The van der Waals surface area contributed by atoms with Gasteiger partial charge in [-0.05, 0) is 62.2 Å². The van der Waals surface area contributed by atoms with Gasteiger partial charge in [-0.15, -0.1) is 0 Å². The predicted molar refractivity (Wildman–Crippen MR) is 115 cm³/mol. The molecule has 0 unspecified atom stereocenters. The molecule has 0 bridgehead atoms. The number of rotatable bonds is 7. The molecule has 1 amide bonds. The highest BCUT2D eigenvalue weighted by Gasteiger charge is 2.31. The maximum absolute atomic E-state index is 12.9. The van der Waals surface area contributed by atoms with Gasteiger partial charge in [-0.1, -0.05) is 23.9 Å². The van der Waals surface area contributed by atoms with Crippen molar-refractivity contribution in [1.82, 2.24) is 4.90 Å². The molecule has 2 aromatic carbocycles. The van der Waals surface area contributed by atoms with Crippen LogP contribution in [-0.2, 0) is 11.2 Å². The van der Waals surface area contributed by atoms with Gasteiger partial charge in [-0.2, -0.15) is 0 Å². The Bertz CT molecular complexity index is 819. The maximum Gasteiger partial charge on any atom is 0.229 e. The van der Waals surface area contributed by atoms with Crippen LogP contribution in [0, 0.1) is 0 Å². The maximum atomic E-state index is 12.9. The van der Waals surface area contributed by atoms with E-state index in [-0.39, 0.29) is 11.9 Å². The Kier molecular flexibility index (Phi) is 6.98. The monoisotopic (exact) mass is 398 g/mol. The summed E-state index contributed by atoms with van der Waals surface area (Å²) in [6.45, 7) is 4.66. The summed E-state index contributed by atoms with van der Waals surface area (Å²) in [6.07, 6.45) is 1.16. The van der Waals surface area contributed by atoms with Gasteiger partial charge in [0.25, 0.3) is 0 Å². The third-order valence-corrected chi connectivity index (χ3v) is 5.72. The number of amidine groups is 1. The standard InChI is InChI=1S/C22H26N2O3S/c1-4-27-20-12-8-18(9-13-20)23-22-24(16(2)15-28-22)21(25)14-7-17-5-10-19(26-3)11-6-17/h5-6,8-13,16H,4,7,14-15H2,1-3H3/t16-/m1/s1. The van der Waals surface area contributed by atoms with Crippen LogP contribution in [0.15, 0.2) is 53.5 Å². The lowest BCUT2D eigenvalue weighted by Crippen LogP contribution is -2.37. The van der Waals surface area contributed by atoms with E-state index in [2.05, 4.69) is 6.92 Å². The fraction of sp³-hybridized carbons (Fsp3) is 0.364.